The number of benzene rings is 10. The summed E-state index contributed by atoms with van der Waals surface area (Å²) in [7, 11) is 0. The summed E-state index contributed by atoms with van der Waals surface area (Å²) in [5.74, 6) is 0. The Morgan fingerprint density at radius 3 is 1.62 bits per heavy atom. The van der Waals surface area contributed by atoms with E-state index in [0.29, 0.717) is 0 Å². The molecule has 2 heteroatoms. The van der Waals surface area contributed by atoms with Crippen LogP contribution in [0.4, 0.5) is 17.1 Å². The van der Waals surface area contributed by atoms with Gasteiger partial charge < -0.3 is 4.90 Å². The number of hydrogen-bond donors (Lipinski definition) is 0. The zero-order chi connectivity index (χ0) is 41.7. The van der Waals surface area contributed by atoms with Crippen molar-refractivity contribution in [3.8, 4) is 44.5 Å². The van der Waals surface area contributed by atoms with Crippen LogP contribution in [0.15, 0.2) is 249 Å². The highest BCUT2D eigenvalue weighted by Gasteiger charge is 2.46. The number of hydrogen-bond acceptors (Lipinski definition) is 2. The second kappa shape index (κ2) is 15.3. The van der Waals surface area contributed by atoms with Gasteiger partial charge in [0.1, 0.15) is 0 Å². The van der Waals surface area contributed by atoms with E-state index in [1.54, 1.807) is 0 Å². The predicted octanol–water partition coefficient (Wildman–Crippen LogP) is 16.9. The number of thiophene rings is 1. The Kier molecular flexibility index (Phi) is 8.98. The lowest BCUT2D eigenvalue weighted by molar-refractivity contribution is 0.768. The van der Waals surface area contributed by atoms with Crippen molar-refractivity contribution >= 4 is 48.6 Å². The van der Waals surface area contributed by atoms with Crippen molar-refractivity contribution in [3.63, 3.8) is 0 Å². The topological polar surface area (TPSA) is 3.24 Å². The predicted molar refractivity (Wildman–Crippen MR) is 268 cm³/mol. The number of rotatable bonds is 8. The van der Waals surface area contributed by atoms with Gasteiger partial charge >= 0.3 is 0 Å². The molecule has 1 nitrogen and oxygen atoms in total. The summed E-state index contributed by atoms with van der Waals surface area (Å²) in [6.07, 6.45) is 0. The molecule has 11 aromatic rings. The van der Waals surface area contributed by atoms with Gasteiger partial charge in [0.25, 0.3) is 0 Å². The van der Waals surface area contributed by atoms with Gasteiger partial charge in [0, 0.05) is 37.1 Å². The molecule has 0 fully saturated rings. The minimum Gasteiger partial charge on any atom is -0.310 e. The van der Waals surface area contributed by atoms with Crippen LogP contribution in [0.2, 0.25) is 0 Å². The molecule has 0 radical (unpaired) electrons. The van der Waals surface area contributed by atoms with Gasteiger partial charge in [-0.05, 0) is 110 Å². The normalized spacial score (nSPS) is 12.6. The highest BCUT2D eigenvalue weighted by atomic mass is 32.1. The monoisotopic (exact) mass is 819 g/mol. The number of anilines is 3. The molecule has 1 aliphatic carbocycles. The van der Waals surface area contributed by atoms with Crippen LogP contribution >= 0.6 is 11.3 Å². The van der Waals surface area contributed by atoms with Crippen LogP contribution < -0.4 is 4.90 Å². The van der Waals surface area contributed by atoms with E-state index in [9.17, 15) is 0 Å². The summed E-state index contributed by atoms with van der Waals surface area (Å²) in [4.78, 5) is 2.49. The van der Waals surface area contributed by atoms with E-state index in [1.807, 2.05) is 11.3 Å². The molecule has 0 unspecified atom stereocenters. The quantitative estimate of drug-likeness (QED) is 0.148. The first kappa shape index (κ1) is 37.0. The van der Waals surface area contributed by atoms with Gasteiger partial charge in [0.15, 0.2) is 0 Å². The first-order valence-corrected chi connectivity index (χ1v) is 22.5. The van der Waals surface area contributed by atoms with Crippen molar-refractivity contribution in [3.05, 3.63) is 271 Å². The van der Waals surface area contributed by atoms with E-state index in [0.717, 1.165) is 22.6 Å². The van der Waals surface area contributed by atoms with Crippen LogP contribution in [0.5, 0.6) is 0 Å². The molecule has 0 saturated carbocycles. The summed E-state index contributed by atoms with van der Waals surface area (Å²) in [5.41, 5.74) is 17.5. The van der Waals surface area contributed by atoms with E-state index in [1.165, 1.54) is 81.4 Å². The molecule has 0 N–H and O–H groups in total. The SMILES string of the molecule is c1ccc(-c2ccc(-c3ccccc3)c(N(c3cccc(-c4ccc5sc6ccccc6c5c4)c3)c3ccc4c(c3)-c3ccccc3C4(c3ccccc3)c3ccccc3)c2)cc1. The fourth-order valence-electron chi connectivity index (χ4n) is 10.1. The summed E-state index contributed by atoms with van der Waals surface area (Å²) >= 11 is 1.86. The van der Waals surface area contributed by atoms with Crippen molar-refractivity contribution < 1.29 is 0 Å². The fourth-order valence-corrected chi connectivity index (χ4v) is 11.2. The van der Waals surface area contributed by atoms with Crippen molar-refractivity contribution in [1.82, 2.24) is 0 Å². The first-order valence-electron chi connectivity index (χ1n) is 21.7. The van der Waals surface area contributed by atoms with Crippen LogP contribution in [0.1, 0.15) is 22.3 Å². The third-order valence-corrected chi connectivity index (χ3v) is 14.1. The zero-order valence-corrected chi connectivity index (χ0v) is 35.3. The van der Waals surface area contributed by atoms with Gasteiger partial charge in [-0.3, -0.25) is 0 Å². The van der Waals surface area contributed by atoms with Crippen LogP contribution in [0.3, 0.4) is 0 Å². The van der Waals surface area contributed by atoms with Crippen LogP contribution in [-0.2, 0) is 5.41 Å². The average molecular weight is 820 g/mol. The molecule has 0 bridgehead atoms. The third kappa shape index (κ3) is 6.14. The van der Waals surface area contributed by atoms with E-state index in [-0.39, 0.29) is 0 Å². The van der Waals surface area contributed by atoms with Gasteiger partial charge in [-0.1, -0.05) is 200 Å². The largest absolute Gasteiger partial charge is 0.310 e. The average Bonchev–Trinajstić information content (AvgIpc) is 3.88. The Hall–Kier alpha value is -7.78. The molecular formula is C61H41NS. The van der Waals surface area contributed by atoms with Crippen molar-refractivity contribution in [2.24, 2.45) is 0 Å². The highest BCUT2D eigenvalue weighted by molar-refractivity contribution is 7.25. The van der Waals surface area contributed by atoms with Crippen LogP contribution in [0, 0.1) is 0 Å². The maximum absolute atomic E-state index is 2.49. The molecule has 10 aromatic carbocycles. The van der Waals surface area contributed by atoms with Gasteiger partial charge in [-0.15, -0.1) is 11.3 Å². The Labute approximate surface area is 372 Å². The van der Waals surface area contributed by atoms with Crippen molar-refractivity contribution in [2.75, 3.05) is 4.90 Å². The van der Waals surface area contributed by atoms with E-state index in [2.05, 4.69) is 254 Å². The molecule has 1 aliphatic rings. The second-order valence-corrected chi connectivity index (χ2v) is 17.5. The van der Waals surface area contributed by atoms with E-state index in [4.69, 9.17) is 0 Å². The highest BCUT2D eigenvalue weighted by Crippen LogP contribution is 2.57. The fraction of sp³-hybridized carbons (Fsp3) is 0.0164. The van der Waals surface area contributed by atoms with E-state index < -0.39 is 5.41 Å². The molecule has 63 heavy (non-hydrogen) atoms. The summed E-state index contributed by atoms with van der Waals surface area (Å²) in [6, 6.07) is 91.7. The molecule has 0 aliphatic heterocycles. The molecule has 1 aromatic heterocycles. The minimum absolute atomic E-state index is 0.482. The van der Waals surface area contributed by atoms with Crippen LogP contribution in [-0.4, -0.2) is 0 Å². The molecule has 296 valence electrons. The lowest BCUT2D eigenvalue weighted by Crippen LogP contribution is -2.28. The third-order valence-electron chi connectivity index (χ3n) is 12.9. The molecule has 0 spiro atoms. The van der Waals surface area contributed by atoms with Gasteiger partial charge in [-0.25, -0.2) is 0 Å². The smallest absolute Gasteiger partial charge is 0.0713 e. The summed E-state index contributed by atoms with van der Waals surface area (Å²) < 4.78 is 2.63. The molecule has 1 heterocycles. The minimum atomic E-state index is -0.482. The Morgan fingerprint density at radius 2 is 0.857 bits per heavy atom. The molecular weight excluding hydrogens is 779 g/mol. The lowest BCUT2D eigenvalue weighted by atomic mass is 9.68. The van der Waals surface area contributed by atoms with Crippen molar-refractivity contribution in [1.29, 1.82) is 0 Å². The second-order valence-electron chi connectivity index (χ2n) is 16.4. The zero-order valence-electron chi connectivity index (χ0n) is 34.5. The maximum atomic E-state index is 2.49. The molecule has 12 rings (SSSR count). The molecule has 0 atom stereocenters. The number of fused-ring (bicyclic) bond motifs is 6. The Morgan fingerprint density at radius 1 is 0.302 bits per heavy atom. The van der Waals surface area contributed by atoms with Gasteiger partial charge in [0.2, 0.25) is 0 Å². The van der Waals surface area contributed by atoms with Gasteiger partial charge in [-0.2, -0.15) is 0 Å². The van der Waals surface area contributed by atoms with Crippen LogP contribution in [0.25, 0.3) is 64.7 Å². The molecule has 0 saturated heterocycles. The van der Waals surface area contributed by atoms with Gasteiger partial charge in [0.05, 0.1) is 11.1 Å². The maximum Gasteiger partial charge on any atom is 0.0713 e. The van der Waals surface area contributed by atoms with Crippen molar-refractivity contribution in [2.45, 2.75) is 5.41 Å². The Bertz CT molecular complexity index is 3400. The first-order chi connectivity index (χ1) is 31.2. The summed E-state index contributed by atoms with van der Waals surface area (Å²) in [6.45, 7) is 0. The lowest BCUT2D eigenvalue weighted by Gasteiger charge is -2.34. The number of nitrogens with zero attached hydrogens (tertiary/aromatic N) is 1. The standard InChI is InChI=1S/C61H41NS/c1-5-18-42(19-6-1)46-32-35-51(43-20-7-2-8-21-43)58(40-46)62(49-27-17-22-44(38-49)45-33-37-60-55(39-45)53-29-14-16-31-59(53)63-60)50-34-36-57-54(41-50)52-28-13-15-30-56(52)61(57,47-23-9-3-10-24-47)48-25-11-4-12-26-48/h1-41H. The summed E-state index contributed by atoms with van der Waals surface area (Å²) in [5, 5.41) is 2.61. The Balaban J connectivity index is 1.12. The van der Waals surface area contributed by atoms with E-state index >= 15 is 0 Å². The molecule has 0 amide bonds.